The van der Waals surface area contributed by atoms with Gasteiger partial charge in [0.05, 0.1) is 5.69 Å². The number of aromatic nitrogens is 2. The highest BCUT2D eigenvalue weighted by Gasteiger charge is 2.11. The SMILES string of the molecule is Cc1c(Cl)cccc1NC(=O)c1ccn2cc(-c3ccccc3)nc2c1. The normalized spacial score (nSPS) is 10.8. The van der Waals surface area contributed by atoms with Gasteiger partial charge >= 0.3 is 0 Å². The number of carbonyl (C=O) groups is 1. The van der Waals surface area contributed by atoms with Crippen LogP contribution in [-0.4, -0.2) is 15.3 Å². The van der Waals surface area contributed by atoms with Gasteiger partial charge in [0.1, 0.15) is 5.65 Å². The van der Waals surface area contributed by atoms with Crippen LogP contribution in [-0.2, 0) is 0 Å². The Morgan fingerprint density at radius 2 is 1.88 bits per heavy atom. The summed E-state index contributed by atoms with van der Waals surface area (Å²) in [6, 6.07) is 19.0. The first-order valence-electron chi connectivity index (χ1n) is 8.22. The number of hydrogen-bond donors (Lipinski definition) is 1. The molecule has 2 aromatic heterocycles. The van der Waals surface area contributed by atoms with E-state index in [9.17, 15) is 4.79 Å². The Morgan fingerprint density at radius 1 is 1.08 bits per heavy atom. The minimum Gasteiger partial charge on any atom is -0.322 e. The standard InChI is InChI=1S/C21H16ClN3O/c1-14-17(22)8-5-9-18(14)24-21(26)16-10-11-25-13-19(23-20(25)12-16)15-6-3-2-4-7-15/h2-13H,1H3,(H,24,26). The van der Waals surface area contributed by atoms with Crippen LogP contribution in [0.5, 0.6) is 0 Å². The quantitative estimate of drug-likeness (QED) is 0.544. The molecule has 0 atom stereocenters. The molecule has 0 saturated carbocycles. The van der Waals surface area contributed by atoms with Crippen molar-refractivity contribution in [1.82, 2.24) is 9.38 Å². The van der Waals surface area contributed by atoms with E-state index in [1.165, 1.54) is 0 Å². The maximum absolute atomic E-state index is 12.6. The predicted molar refractivity (Wildman–Crippen MR) is 105 cm³/mol. The van der Waals surface area contributed by atoms with Crippen LogP contribution in [0.1, 0.15) is 15.9 Å². The molecule has 0 saturated heterocycles. The first kappa shape index (κ1) is 16.4. The van der Waals surface area contributed by atoms with Gasteiger partial charge < -0.3 is 9.72 Å². The van der Waals surface area contributed by atoms with Gasteiger partial charge in [-0.3, -0.25) is 4.79 Å². The molecule has 128 valence electrons. The number of imidazole rings is 1. The number of hydrogen-bond acceptors (Lipinski definition) is 2. The summed E-state index contributed by atoms with van der Waals surface area (Å²) in [4.78, 5) is 17.2. The zero-order valence-corrected chi connectivity index (χ0v) is 14.9. The van der Waals surface area contributed by atoms with Crippen molar-refractivity contribution in [2.45, 2.75) is 6.92 Å². The molecule has 4 rings (SSSR count). The van der Waals surface area contributed by atoms with Crippen LogP contribution in [0.4, 0.5) is 5.69 Å². The molecule has 1 amide bonds. The van der Waals surface area contributed by atoms with Crippen LogP contribution in [0.3, 0.4) is 0 Å². The number of anilines is 1. The lowest BCUT2D eigenvalue weighted by Gasteiger charge is -2.09. The Kier molecular flexibility index (Phi) is 4.19. The maximum Gasteiger partial charge on any atom is 0.255 e. The molecule has 5 heteroatoms. The largest absolute Gasteiger partial charge is 0.322 e. The van der Waals surface area contributed by atoms with Gasteiger partial charge in [-0.1, -0.05) is 48.0 Å². The lowest BCUT2D eigenvalue weighted by Crippen LogP contribution is -2.13. The molecule has 0 aliphatic heterocycles. The molecule has 0 aliphatic carbocycles. The van der Waals surface area contributed by atoms with Crippen LogP contribution in [0.15, 0.2) is 73.1 Å². The molecule has 4 aromatic rings. The summed E-state index contributed by atoms with van der Waals surface area (Å²) in [7, 11) is 0. The van der Waals surface area contributed by atoms with E-state index in [-0.39, 0.29) is 5.91 Å². The average Bonchev–Trinajstić information content (AvgIpc) is 3.09. The molecule has 1 N–H and O–H groups in total. The van der Waals surface area contributed by atoms with Crippen LogP contribution in [0, 0.1) is 6.92 Å². The van der Waals surface area contributed by atoms with E-state index < -0.39 is 0 Å². The van der Waals surface area contributed by atoms with E-state index in [4.69, 9.17) is 11.6 Å². The summed E-state index contributed by atoms with van der Waals surface area (Å²) in [5.74, 6) is -0.192. The van der Waals surface area contributed by atoms with E-state index >= 15 is 0 Å². The third kappa shape index (κ3) is 3.07. The van der Waals surface area contributed by atoms with Crippen molar-refractivity contribution in [1.29, 1.82) is 0 Å². The second kappa shape index (κ2) is 6.65. The molecular formula is C21H16ClN3O. The Hall–Kier alpha value is -3.11. The number of halogens is 1. The van der Waals surface area contributed by atoms with Crippen molar-refractivity contribution in [2.24, 2.45) is 0 Å². The Labute approximate surface area is 156 Å². The van der Waals surface area contributed by atoms with Gasteiger partial charge in [-0.05, 0) is 36.8 Å². The molecule has 4 nitrogen and oxygen atoms in total. The monoisotopic (exact) mass is 361 g/mol. The van der Waals surface area contributed by atoms with E-state index in [1.54, 1.807) is 18.2 Å². The minimum atomic E-state index is -0.192. The zero-order chi connectivity index (χ0) is 18.1. The highest BCUT2D eigenvalue weighted by molar-refractivity contribution is 6.31. The van der Waals surface area contributed by atoms with Gasteiger partial charge in [0.15, 0.2) is 0 Å². The number of amides is 1. The fourth-order valence-corrected chi connectivity index (χ4v) is 2.98. The summed E-state index contributed by atoms with van der Waals surface area (Å²) in [6.07, 6.45) is 3.79. The second-order valence-electron chi connectivity index (χ2n) is 6.04. The van der Waals surface area contributed by atoms with Gasteiger partial charge in [0.25, 0.3) is 5.91 Å². The second-order valence-corrected chi connectivity index (χ2v) is 6.45. The van der Waals surface area contributed by atoms with Crippen molar-refractivity contribution in [3.8, 4) is 11.3 Å². The number of rotatable bonds is 3. The smallest absolute Gasteiger partial charge is 0.255 e. The number of nitrogens with one attached hydrogen (secondary N) is 1. The van der Waals surface area contributed by atoms with Crippen molar-refractivity contribution < 1.29 is 4.79 Å². The fraction of sp³-hybridized carbons (Fsp3) is 0.0476. The zero-order valence-electron chi connectivity index (χ0n) is 14.1. The molecule has 0 fully saturated rings. The van der Waals surface area contributed by atoms with Crippen LogP contribution in [0.25, 0.3) is 16.9 Å². The molecule has 0 spiro atoms. The van der Waals surface area contributed by atoms with E-state index in [1.807, 2.05) is 66.2 Å². The summed E-state index contributed by atoms with van der Waals surface area (Å²) >= 11 is 6.12. The van der Waals surface area contributed by atoms with Gasteiger partial charge in [0.2, 0.25) is 0 Å². The first-order valence-corrected chi connectivity index (χ1v) is 8.60. The van der Waals surface area contributed by atoms with E-state index in [0.717, 1.165) is 22.5 Å². The molecule has 0 radical (unpaired) electrons. The minimum absolute atomic E-state index is 0.192. The molecule has 0 unspecified atom stereocenters. The lowest BCUT2D eigenvalue weighted by atomic mass is 10.2. The van der Waals surface area contributed by atoms with Gasteiger partial charge in [-0.2, -0.15) is 0 Å². The number of pyridine rings is 1. The van der Waals surface area contributed by atoms with E-state index in [2.05, 4.69) is 10.3 Å². The number of benzene rings is 2. The number of fused-ring (bicyclic) bond motifs is 1. The molecule has 2 heterocycles. The third-order valence-electron chi connectivity index (χ3n) is 4.31. The van der Waals surface area contributed by atoms with Crippen LogP contribution in [0.2, 0.25) is 5.02 Å². The first-order chi connectivity index (χ1) is 12.6. The molecule has 0 bridgehead atoms. The summed E-state index contributed by atoms with van der Waals surface area (Å²) in [5, 5.41) is 3.53. The van der Waals surface area contributed by atoms with Gasteiger partial charge in [-0.25, -0.2) is 4.98 Å². The summed E-state index contributed by atoms with van der Waals surface area (Å²) in [6.45, 7) is 1.88. The maximum atomic E-state index is 12.6. The number of carbonyl (C=O) groups excluding carboxylic acids is 1. The Balaban J connectivity index is 1.64. The van der Waals surface area contributed by atoms with Crippen molar-refractivity contribution in [3.05, 3.63) is 89.2 Å². The van der Waals surface area contributed by atoms with Gasteiger partial charge in [-0.15, -0.1) is 0 Å². The van der Waals surface area contributed by atoms with E-state index in [0.29, 0.717) is 16.3 Å². The van der Waals surface area contributed by atoms with Crippen molar-refractivity contribution >= 4 is 28.8 Å². The molecular weight excluding hydrogens is 346 g/mol. The summed E-state index contributed by atoms with van der Waals surface area (Å²) < 4.78 is 1.91. The fourth-order valence-electron chi connectivity index (χ4n) is 2.81. The molecule has 26 heavy (non-hydrogen) atoms. The summed E-state index contributed by atoms with van der Waals surface area (Å²) in [5.41, 5.74) is 4.72. The highest BCUT2D eigenvalue weighted by atomic mass is 35.5. The third-order valence-corrected chi connectivity index (χ3v) is 4.72. The van der Waals surface area contributed by atoms with Crippen molar-refractivity contribution in [2.75, 3.05) is 5.32 Å². The Bertz CT molecular complexity index is 1100. The van der Waals surface area contributed by atoms with Crippen molar-refractivity contribution in [3.63, 3.8) is 0 Å². The molecule has 0 aliphatic rings. The van der Waals surface area contributed by atoms with Crippen LogP contribution < -0.4 is 5.32 Å². The van der Waals surface area contributed by atoms with Crippen LogP contribution >= 0.6 is 11.6 Å². The highest BCUT2D eigenvalue weighted by Crippen LogP contribution is 2.24. The Morgan fingerprint density at radius 3 is 2.69 bits per heavy atom. The topological polar surface area (TPSA) is 46.4 Å². The molecule has 2 aromatic carbocycles. The lowest BCUT2D eigenvalue weighted by molar-refractivity contribution is 0.102. The van der Waals surface area contributed by atoms with Gasteiger partial charge in [0, 0.05) is 34.2 Å². The number of nitrogens with zero attached hydrogens (tertiary/aromatic N) is 2. The average molecular weight is 362 g/mol. The predicted octanol–water partition coefficient (Wildman–Crippen LogP) is 5.22.